The van der Waals surface area contributed by atoms with E-state index in [1.165, 1.54) is 6.07 Å². The van der Waals surface area contributed by atoms with Gasteiger partial charge in [0.25, 0.3) is 5.91 Å². The Labute approximate surface area is 158 Å². The average Bonchev–Trinajstić information content (AvgIpc) is 3.11. The maximum atomic E-state index is 14.4. The SMILES string of the molecule is Cl.O=C1CCc2cc(C(=O)N3CCC(N4CCNCC4)C3)c(F)cc2N1. The van der Waals surface area contributed by atoms with Gasteiger partial charge in [0, 0.05) is 57.4 Å². The van der Waals surface area contributed by atoms with Gasteiger partial charge < -0.3 is 15.5 Å². The summed E-state index contributed by atoms with van der Waals surface area (Å²) in [5.41, 5.74) is 1.45. The van der Waals surface area contributed by atoms with E-state index in [0.29, 0.717) is 37.7 Å². The van der Waals surface area contributed by atoms with Crippen molar-refractivity contribution in [1.29, 1.82) is 0 Å². The number of aryl methyl sites for hydroxylation is 1. The highest BCUT2D eigenvalue weighted by molar-refractivity contribution is 5.98. The van der Waals surface area contributed by atoms with Gasteiger partial charge in [0.1, 0.15) is 5.82 Å². The molecule has 6 nitrogen and oxygen atoms in total. The fourth-order valence-corrected chi connectivity index (χ4v) is 4.01. The summed E-state index contributed by atoms with van der Waals surface area (Å²) in [6.45, 7) is 5.29. The van der Waals surface area contributed by atoms with E-state index in [0.717, 1.165) is 38.2 Å². The van der Waals surface area contributed by atoms with E-state index in [-0.39, 0.29) is 29.8 Å². The highest BCUT2D eigenvalue weighted by Gasteiger charge is 2.32. The van der Waals surface area contributed by atoms with Gasteiger partial charge in [-0.05, 0) is 30.5 Å². The second-order valence-electron chi connectivity index (χ2n) is 7.02. The van der Waals surface area contributed by atoms with E-state index in [2.05, 4.69) is 15.5 Å². The molecule has 3 heterocycles. The van der Waals surface area contributed by atoms with Gasteiger partial charge in [-0.1, -0.05) is 0 Å². The maximum absolute atomic E-state index is 14.4. The monoisotopic (exact) mass is 382 g/mol. The van der Waals surface area contributed by atoms with E-state index in [9.17, 15) is 14.0 Å². The number of likely N-dealkylation sites (tertiary alicyclic amines) is 1. The Kier molecular flexibility index (Phi) is 5.79. The van der Waals surface area contributed by atoms with Crippen LogP contribution in [0.4, 0.5) is 10.1 Å². The maximum Gasteiger partial charge on any atom is 0.256 e. The summed E-state index contributed by atoms with van der Waals surface area (Å²) in [7, 11) is 0. The number of hydrogen-bond donors (Lipinski definition) is 2. The van der Waals surface area contributed by atoms with Crippen molar-refractivity contribution in [2.75, 3.05) is 44.6 Å². The Morgan fingerprint density at radius 2 is 1.92 bits per heavy atom. The molecule has 2 saturated heterocycles. The molecule has 142 valence electrons. The van der Waals surface area contributed by atoms with Crippen molar-refractivity contribution >= 4 is 29.9 Å². The lowest BCUT2D eigenvalue weighted by molar-refractivity contribution is -0.116. The van der Waals surface area contributed by atoms with Gasteiger partial charge in [-0.25, -0.2) is 4.39 Å². The fourth-order valence-electron chi connectivity index (χ4n) is 4.01. The quantitative estimate of drug-likeness (QED) is 0.808. The molecule has 26 heavy (non-hydrogen) atoms. The molecule has 0 aliphatic carbocycles. The molecular formula is C18H24ClFN4O2. The second-order valence-corrected chi connectivity index (χ2v) is 7.02. The zero-order chi connectivity index (χ0) is 17.4. The minimum absolute atomic E-state index is 0. The van der Waals surface area contributed by atoms with Gasteiger partial charge >= 0.3 is 0 Å². The van der Waals surface area contributed by atoms with Crippen molar-refractivity contribution in [3.63, 3.8) is 0 Å². The van der Waals surface area contributed by atoms with Crippen molar-refractivity contribution < 1.29 is 14.0 Å². The molecule has 0 bridgehead atoms. The summed E-state index contributed by atoms with van der Waals surface area (Å²) in [6.07, 6.45) is 1.86. The number of carbonyl (C=O) groups is 2. The van der Waals surface area contributed by atoms with Crippen LogP contribution in [0.25, 0.3) is 0 Å². The number of halogens is 2. The van der Waals surface area contributed by atoms with Gasteiger partial charge in [-0.2, -0.15) is 0 Å². The normalized spacial score (nSPS) is 23.2. The largest absolute Gasteiger partial charge is 0.337 e. The fraction of sp³-hybridized carbons (Fsp3) is 0.556. The first-order chi connectivity index (χ1) is 12.1. The highest BCUT2D eigenvalue weighted by atomic mass is 35.5. The standard InChI is InChI=1S/C18H23FN4O2.ClH/c19-15-10-16-12(1-2-17(24)21-16)9-14(15)18(25)23-6-3-13(11-23)22-7-4-20-5-8-22;/h9-10,13,20H,1-8,11H2,(H,21,24);1H. The minimum atomic E-state index is -0.559. The molecule has 4 rings (SSSR count). The Morgan fingerprint density at radius 1 is 1.15 bits per heavy atom. The third-order valence-electron chi connectivity index (χ3n) is 5.44. The number of nitrogens with zero attached hydrogens (tertiary/aromatic N) is 2. The van der Waals surface area contributed by atoms with Crippen molar-refractivity contribution in [1.82, 2.24) is 15.1 Å². The molecule has 3 aliphatic rings. The van der Waals surface area contributed by atoms with Crippen LogP contribution < -0.4 is 10.6 Å². The zero-order valence-corrected chi connectivity index (χ0v) is 15.4. The predicted octanol–water partition coefficient (Wildman–Crippen LogP) is 1.25. The first kappa shape index (κ1) is 19.1. The van der Waals surface area contributed by atoms with Gasteiger partial charge in [0.05, 0.1) is 5.56 Å². The molecule has 8 heteroatoms. The molecule has 0 spiro atoms. The van der Waals surface area contributed by atoms with Crippen molar-refractivity contribution in [2.24, 2.45) is 0 Å². The van der Waals surface area contributed by atoms with Crippen molar-refractivity contribution in [3.8, 4) is 0 Å². The second kappa shape index (κ2) is 7.90. The van der Waals surface area contributed by atoms with Crippen molar-refractivity contribution in [2.45, 2.75) is 25.3 Å². The Morgan fingerprint density at radius 3 is 2.69 bits per heavy atom. The van der Waals surface area contributed by atoms with Crippen LogP contribution in [0.5, 0.6) is 0 Å². The summed E-state index contributed by atoms with van der Waals surface area (Å²) in [5, 5.41) is 6.01. The average molecular weight is 383 g/mol. The number of anilines is 1. The number of rotatable bonds is 2. The summed E-state index contributed by atoms with van der Waals surface area (Å²) < 4.78 is 14.4. The van der Waals surface area contributed by atoms with E-state index < -0.39 is 5.82 Å². The molecule has 1 unspecified atom stereocenters. The van der Waals surface area contributed by atoms with E-state index >= 15 is 0 Å². The summed E-state index contributed by atoms with van der Waals surface area (Å²) in [4.78, 5) is 28.4. The number of piperazine rings is 1. The van der Waals surface area contributed by atoms with Crippen LogP contribution in [0.3, 0.4) is 0 Å². The van der Waals surface area contributed by atoms with Crippen LogP contribution in [0.1, 0.15) is 28.8 Å². The number of carbonyl (C=O) groups excluding carboxylic acids is 2. The molecule has 1 aromatic rings. The predicted molar refractivity (Wildman–Crippen MR) is 99.3 cm³/mol. The Balaban J connectivity index is 0.00000196. The van der Waals surface area contributed by atoms with Crippen LogP contribution >= 0.6 is 12.4 Å². The topological polar surface area (TPSA) is 64.7 Å². The molecule has 0 radical (unpaired) electrons. The molecule has 0 saturated carbocycles. The minimum Gasteiger partial charge on any atom is -0.337 e. The third-order valence-corrected chi connectivity index (χ3v) is 5.44. The van der Waals surface area contributed by atoms with Gasteiger partial charge in [0.2, 0.25) is 5.91 Å². The number of benzene rings is 1. The molecule has 1 aromatic carbocycles. The van der Waals surface area contributed by atoms with Crippen LogP contribution in [0.2, 0.25) is 0 Å². The third kappa shape index (κ3) is 3.70. The molecule has 1 atom stereocenters. The molecule has 0 aromatic heterocycles. The summed E-state index contributed by atoms with van der Waals surface area (Å²) in [5.74, 6) is -0.907. The smallest absolute Gasteiger partial charge is 0.256 e. The van der Waals surface area contributed by atoms with Gasteiger partial charge in [0.15, 0.2) is 0 Å². The number of hydrogen-bond acceptors (Lipinski definition) is 4. The lowest BCUT2D eigenvalue weighted by atomic mass is 9.99. The van der Waals surface area contributed by atoms with Crippen molar-refractivity contribution in [3.05, 3.63) is 29.1 Å². The number of nitrogens with one attached hydrogen (secondary N) is 2. The van der Waals surface area contributed by atoms with E-state index in [4.69, 9.17) is 0 Å². The molecular weight excluding hydrogens is 359 g/mol. The van der Waals surface area contributed by atoms with E-state index in [1.54, 1.807) is 11.0 Å². The van der Waals surface area contributed by atoms with Crippen LogP contribution in [0.15, 0.2) is 12.1 Å². The van der Waals surface area contributed by atoms with Gasteiger partial charge in [-0.15, -0.1) is 12.4 Å². The molecule has 3 aliphatic heterocycles. The molecule has 2 N–H and O–H groups in total. The lowest BCUT2D eigenvalue weighted by Gasteiger charge is -2.32. The number of fused-ring (bicyclic) bond motifs is 1. The molecule has 2 amide bonds. The molecule has 2 fully saturated rings. The first-order valence-corrected chi connectivity index (χ1v) is 8.98. The first-order valence-electron chi connectivity index (χ1n) is 8.98. The summed E-state index contributed by atoms with van der Waals surface area (Å²) >= 11 is 0. The lowest BCUT2D eigenvalue weighted by Crippen LogP contribution is -2.49. The highest BCUT2D eigenvalue weighted by Crippen LogP contribution is 2.27. The van der Waals surface area contributed by atoms with Crippen LogP contribution in [-0.4, -0.2) is 66.9 Å². The summed E-state index contributed by atoms with van der Waals surface area (Å²) in [6, 6.07) is 3.26. The van der Waals surface area contributed by atoms with Crippen LogP contribution in [0, 0.1) is 5.82 Å². The van der Waals surface area contributed by atoms with E-state index in [1.807, 2.05) is 0 Å². The Bertz CT molecular complexity index is 709. The Hall–Kier alpha value is -1.70. The van der Waals surface area contributed by atoms with Crippen LogP contribution in [-0.2, 0) is 11.2 Å². The zero-order valence-electron chi connectivity index (χ0n) is 14.6. The number of amides is 2. The van der Waals surface area contributed by atoms with Gasteiger partial charge in [-0.3, -0.25) is 14.5 Å².